The molecule has 246 valence electrons. The minimum atomic E-state index is -1.42. The third kappa shape index (κ3) is 9.76. The fourth-order valence-electron chi connectivity index (χ4n) is 5.28. The minimum absolute atomic E-state index is 0.176. The molecule has 2 aromatic carbocycles. The molecule has 3 rings (SSSR count). The number of ether oxygens (including phenoxy) is 3. The summed E-state index contributed by atoms with van der Waals surface area (Å²) in [6, 6.07) is 11.7. The summed E-state index contributed by atoms with van der Waals surface area (Å²) < 4.78 is 16.9. The quantitative estimate of drug-likeness (QED) is 0.219. The van der Waals surface area contributed by atoms with Crippen molar-refractivity contribution in [1.82, 2.24) is 4.90 Å². The zero-order chi connectivity index (χ0) is 33.1. The molecule has 1 heterocycles. The van der Waals surface area contributed by atoms with Gasteiger partial charge in [0.15, 0.2) is 23.5 Å². The van der Waals surface area contributed by atoms with Gasteiger partial charge in [-0.05, 0) is 67.5 Å². The number of nitrogens with zero attached hydrogens (tertiary/aromatic N) is 1. The van der Waals surface area contributed by atoms with Gasteiger partial charge in [0.1, 0.15) is 12.1 Å². The van der Waals surface area contributed by atoms with Gasteiger partial charge >= 0.3 is 11.9 Å². The Morgan fingerprint density at radius 3 is 2.42 bits per heavy atom. The molecule has 11 heteroatoms. The van der Waals surface area contributed by atoms with Crippen molar-refractivity contribution in [3.8, 4) is 11.5 Å². The average molecular weight is 627 g/mol. The largest absolute Gasteiger partial charge is 0.493 e. The number of methoxy groups -OCH3 is 2. The normalized spacial score (nSPS) is 16.7. The Bertz CT molecular complexity index is 1340. The zero-order valence-corrected chi connectivity index (χ0v) is 26.8. The fraction of sp³-hybridized carbons (Fsp3) is 0.529. The highest BCUT2D eigenvalue weighted by molar-refractivity contribution is 5.92. The summed E-state index contributed by atoms with van der Waals surface area (Å²) in [7, 11) is 3.11. The number of Topliss-reactive ketones (excluding diaryl/α,β-unsaturated/α-hetero) is 1. The molecule has 0 bridgehead atoms. The first-order chi connectivity index (χ1) is 21.4. The Kier molecular flexibility index (Phi) is 12.9. The topological polar surface area (TPSA) is 152 Å². The average Bonchev–Trinajstić information content (AvgIpc) is 3.04. The Morgan fingerprint density at radius 1 is 1.02 bits per heavy atom. The molecule has 3 N–H and O–H groups in total. The van der Waals surface area contributed by atoms with Crippen molar-refractivity contribution in [3.05, 3.63) is 53.6 Å². The van der Waals surface area contributed by atoms with E-state index < -0.39 is 41.6 Å². The molecular weight excluding hydrogens is 580 g/mol. The number of carboxylic acid groups (broad SMARTS) is 1. The van der Waals surface area contributed by atoms with E-state index in [1.807, 2.05) is 19.1 Å². The van der Waals surface area contributed by atoms with Crippen LogP contribution < -0.4 is 14.8 Å². The van der Waals surface area contributed by atoms with Gasteiger partial charge in [-0.25, -0.2) is 0 Å². The Hall–Kier alpha value is -3.96. The van der Waals surface area contributed by atoms with Gasteiger partial charge in [-0.2, -0.15) is 0 Å². The summed E-state index contributed by atoms with van der Waals surface area (Å²) in [5, 5.41) is 22.7. The number of carbonyl (C=O) groups is 4. The first-order valence-corrected chi connectivity index (χ1v) is 15.4. The molecule has 3 unspecified atom stereocenters. The second kappa shape index (κ2) is 16.4. The van der Waals surface area contributed by atoms with Crippen LogP contribution in [0.3, 0.4) is 0 Å². The van der Waals surface area contributed by atoms with Gasteiger partial charge in [0, 0.05) is 24.1 Å². The molecule has 1 fully saturated rings. The number of nitrogens with one attached hydrogen (secondary N) is 1. The van der Waals surface area contributed by atoms with E-state index in [0.29, 0.717) is 55.0 Å². The molecule has 1 aliphatic rings. The number of carboxylic acids is 1. The van der Waals surface area contributed by atoms with Crippen LogP contribution in [0.5, 0.6) is 11.5 Å². The van der Waals surface area contributed by atoms with E-state index in [-0.39, 0.29) is 18.6 Å². The zero-order valence-electron chi connectivity index (χ0n) is 26.8. The molecule has 0 spiro atoms. The van der Waals surface area contributed by atoms with Gasteiger partial charge in [-0.3, -0.25) is 24.1 Å². The van der Waals surface area contributed by atoms with Crippen molar-refractivity contribution in [1.29, 1.82) is 0 Å². The number of carbonyl (C=O) groups excluding carboxylic acids is 3. The van der Waals surface area contributed by atoms with Gasteiger partial charge in [-0.15, -0.1) is 0 Å². The van der Waals surface area contributed by atoms with Crippen LogP contribution in [-0.2, 0) is 30.3 Å². The number of aliphatic carboxylic acids is 1. The number of benzene rings is 2. The third-order valence-corrected chi connectivity index (χ3v) is 8.43. The molecule has 11 nitrogen and oxygen atoms in total. The SMILES string of the molecule is CCC(C)(C)C(=O)C(O)N1CCCCC1C(=O)OC(CCc1ccc(OC)c(OC)c1)c1cccc(NC(=O)CCC(=O)O)c1. The molecule has 0 aromatic heterocycles. The summed E-state index contributed by atoms with van der Waals surface area (Å²) in [5.74, 6) is -1.22. The number of likely N-dealkylation sites (tertiary alicyclic amines) is 1. The van der Waals surface area contributed by atoms with Gasteiger partial charge in [0.2, 0.25) is 5.91 Å². The van der Waals surface area contributed by atoms with E-state index in [2.05, 4.69) is 5.32 Å². The second-order valence-corrected chi connectivity index (χ2v) is 11.9. The number of esters is 1. The molecule has 3 atom stereocenters. The summed E-state index contributed by atoms with van der Waals surface area (Å²) in [5.41, 5.74) is 1.25. The Labute approximate surface area is 264 Å². The maximum Gasteiger partial charge on any atom is 0.324 e. The smallest absolute Gasteiger partial charge is 0.324 e. The number of hydrogen-bond acceptors (Lipinski definition) is 9. The van der Waals surface area contributed by atoms with E-state index in [0.717, 1.165) is 18.4 Å². The predicted octanol–water partition coefficient (Wildman–Crippen LogP) is 4.90. The molecule has 0 saturated carbocycles. The van der Waals surface area contributed by atoms with Crippen molar-refractivity contribution in [2.75, 3.05) is 26.1 Å². The fourth-order valence-corrected chi connectivity index (χ4v) is 5.28. The van der Waals surface area contributed by atoms with Crippen LogP contribution >= 0.6 is 0 Å². The lowest BCUT2D eigenvalue weighted by atomic mass is 9.83. The number of ketones is 1. The van der Waals surface area contributed by atoms with Crippen LogP contribution in [0.2, 0.25) is 0 Å². The number of hydrogen-bond donors (Lipinski definition) is 3. The monoisotopic (exact) mass is 626 g/mol. The molecule has 1 amide bonds. The number of aliphatic hydroxyl groups is 1. The lowest BCUT2D eigenvalue weighted by Gasteiger charge is -2.39. The number of piperidine rings is 1. The van der Waals surface area contributed by atoms with Crippen LogP contribution in [0.4, 0.5) is 5.69 Å². The van der Waals surface area contributed by atoms with Gasteiger partial charge < -0.3 is 29.7 Å². The molecular formula is C34H46N2O9. The molecule has 2 aromatic rings. The van der Waals surface area contributed by atoms with Crippen LogP contribution in [0.25, 0.3) is 0 Å². The highest BCUT2D eigenvalue weighted by Crippen LogP contribution is 2.33. The number of anilines is 1. The third-order valence-electron chi connectivity index (χ3n) is 8.43. The number of aryl methyl sites for hydroxylation is 1. The van der Waals surface area contributed by atoms with Gasteiger partial charge in [0.05, 0.1) is 20.6 Å². The van der Waals surface area contributed by atoms with Crippen LogP contribution in [0, 0.1) is 5.41 Å². The van der Waals surface area contributed by atoms with Crippen molar-refractivity contribution in [2.24, 2.45) is 5.41 Å². The Morgan fingerprint density at radius 2 is 1.76 bits per heavy atom. The molecule has 0 aliphatic carbocycles. The Balaban J connectivity index is 1.87. The lowest BCUT2D eigenvalue weighted by molar-refractivity contribution is -0.168. The van der Waals surface area contributed by atoms with E-state index >= 15 is 0 Å². The summed E-state index contributed by atoms with van der Waals surface area (Å²) in [6.07, 6.45) is 0.754. The van der Waals surface area contributed by atoms with Crippen molar-refractivity contribution in [2.45, 2.75) is 90.5 Å². The second-order valence-electron chi connectivity index (χ2n) is 11.9. The highest BCUT2D eigenvalue weighted by atomic mass is 16.5. The van der Waals surface area contributed by atoms with Gasteiger partial charge in [0.25, 0.3) is 0 Å². The summed E-state index contributed by atoms with van der Waals surface area (Å²) in [4.78, 5) is 51.7. The maximum absolute atomic E-state index is 13.8. The van der Waals surface area contributed by atoms with Crippen molar-refractivity contribution >= 4 is 29.3 Å². The predicted molar refractivity (Wildman–Crippen MR) is 168 cm³/mol. The summed E-state index contributed by atoms with van der Waals surface area (Å²) in [6.45, 7) is 5.85. The van der Waals surface area contributed by atoms with Crippen molar-refractivity contribution in [3.63, 3.8) is 0 Å². The number of amides is 1. The first-order valence-electron chi connectivity index (χ1n) is 15.4. The van der Waals surface area contributed by atoms with Crippen LogP contribution in [0.1, 0.15) is 82.9 Å². The molecule has 1 saturated heterocycles. The van der Waals surface area contributed by atoms with Gasteiger partial charge in [-0.1, -0.05) is 45.4 Å². The first kappa shape index (κ1) is 35.5. The lowest BCUT2D eigenvalue weighted by Crippen LogP contribution is -2.55. The maximum atomic E-state index is 13.8. The minimum Gasteiger partial charge on any atom is -0.493 e. The van der Waals surface area contributed by atoms with E-state index in [9.17, 15) is 24.3 Å². The van der Waals surface area contributed by atoms with E-state index in [1.165, 1.54) is 0 Å². The van der Waals surface area contributed by atoms with Crippen LogP contribution in [-0.4, -0.2) is 71.8 Å². The van der Waals surface area contributed by atoms with Crippen molar-refractivity contribution < 1.29 is 43.6 Å². The highest BCUT2D eigenvalue weighted by Gasteiger charge is 2.41. The van der Waals surface area contributed by atoms with E-state index in [1.54, 1.807) is 63.3 Å². The van der Waals surface area contributed by atoms with E-state index in [4.69, 9.17) is 19.3 Å². The summed E-state index contributed by atoms with van der Waals surface area (Å²) >= 11 is 0. The molecule has 45 heavy (non-hydrogen) atoms. The number of rotatable bonds is 16. The van der Waals surface area contributed by atoms with Crippen LogP contribution in [0.15, 0.2) is 42.5 Å². The molecule has 1 aliphatic heterocycles. The standard InChI is InChI=1S/C34H46N2O9/c1-6-34(2,3)31(40)32(41)36-19-8-7-12-25(36)33(42)45-26(15-13-22-14-16-27(43-4)28(20-22)44-5)23-10-9-11-24(21-23)35-29(37)17-18-30(38)39/h9-11,14,16,20-21,25-26,32,41H,6-8,12-13,15,17-19H2,1-5H3,(H,35,37)(H,38,39). The molecule has 0 radical (unpaired) electrons. The number of aliphatic hydroxyl groups excluding tert-OH is 1.